The number of hydrogen-bond acceptors (Lipinski definition) is 5. The number of carbonyl (C=O) groups excluding carboxylic acids is 1. The minimum atomic E-state index is -1.22. The average Bonchev–Trinajstić information content (AvgIpc) is 2.56. The van der Waals surface area contributed by atoms with Gasteiger partial charge in [-0.1, -0.05) is 6.92 Å². The van der Waals surface area contributed by atoms with Crippen LogP contribution in [0.2, 0.25) is 0 Å². The first-order valence-electron chi connectivity index (χ1n) is 4.48. The maximum absolute atomic E-state index is 10.9. The zero-order valence-corrected chi connectivity index (χ0v) is 9.34. The summed E-state index contributed by atoms with van der Waals surface area (Å²) in [5.74, 6) is -1.22. The topological polar surface area (TPSA) is 115 Å². The minimum absolute atomic E-state index is 0.00287. The van der Waals surface area contributed by atoms with E-state index < -0.39 is 12.0 Å². The second-order valence-electron chi connectivity index (χ2n) is 2.83. The first-order valence-corrected chi connectivity index (χ1v) is 5.25. The van der Waals surface area contributed by atoms with E-state index in [1.54, 1.807) is 0 Å². The van der Waals surface area contributed by atoms with Crippen molar-refractivity contribution in [1.82, 2.24) is 4.37 Å². The Morgan fingerprint density at radius 2 is 2.31 bits per heavy atom. The average molecular weight is 245 g/mol. The van der Waals surface area contributed by atoms with Crippen molar-refractivity contribution in [1.29, 1.82) is 0 Å². The van der Waals surface area contributed by atoms with E-state index in [9.17, 15) is 9.59 Å². The molecule has 4 N–H and O–H groups in total. The van der Waals surface area contributed by atoms with Gasteiger partial charge in [-0.3, -0.25) is 5.32 Å². The third-order valence-corrected chi connectivity index (χ3v) is 2.30. The molecule has 88 valence electrons. The van der Waals surface area contributed by atoms with Crippen molar-refractivity contribution in [3.05, 3.63) is 5.56 Å². The molecular weight excluding hydrogens is 234 g/mol. The molecule has 1 aromatic heterocycles. The third kappa shape index (κ3) is 2.83. The number of hydrogen-bond donors (Lipinski definition) is 3. The summed E-state index contributed by atoms with van der Waals surface area (Å²) >= 11 is 0.815. The van der Waals surface area contributed by atoms with E-state index >= 15 is 0 Å². The number of carboxylic acids is 1. The molecule has 0 saturated carbocycles. The molecule has 0 radical (unpaired) electrons. The monoisotopic (exact) mass is 245 g/mol. The predicted octanol–water partition coefficient (Wildman–Crippen LogP) is 1.12. The molecular formula is C8H11N3O4S. The van der Waals surface area contributed by atoms with Crippen LogP contribution in [0.4, 0.5) is 9.80 Å². The smallest absolute Gasteiger partial charge is 0.344 e. The van der Waals surface area contributed by atoms with Crippen LogP contribution in [-0.2, 0) is 0 Å². The standard InChI is InChI=1S/C8H11N3O4S/c1-2-3-15-5-4(7(12)13)6(16-11-5)10-8(9)14/h2-3H2,1H3,(H,12,13)(H3,9,10,14). The Balaban J connectivity index is 2.97. The normalized spacial score (nSPS) is 9.81. The number of urea groups is 1. The van der Waals surface area contributed by atoms with Crippen LogP contribution in [-0.4, -0.2) is 28.1 Å². The van der Waals surface area contributed by atoms with Gasteiger partial charge in [-0.2, -0.15) is 4.37 Å². The molecule has 1 heterocycles. The van der Waals surface area contributed by atoms with Crippen molar-refractivity contribution < 1.29 is 19.4 Å². The van der Waals surface area contributed by atoms with E-state index in [1.807, 2.05) is 6.92 Å². The van der Waals surface area contributed by atoms with Gasteiger partial charge in [0.25, 0.3) is 0 Å². The number of primary amides is 1. The van der Waals surface area contributed by atoms with Crippen LogP contribution in [0.3, 0.4) is 0 Å². The Hall–Kier alpha value is -1.83. The quantitative estimate of drug-likeness (QED) is 0.719. The summed E-state index contributed by atoms with van der Waals surface area (Å²) in [6, 6.07) is -0.840. The number of carbonyl (C=O) groups is 2. The Labute approximate surface area is 95.4 Å². The van der Waals surface area contributed by atoms with Crippen LogP contribution >= 0.6 is 11.5 Å². The lowest BCUT2D eigenvalue weighted by Crippen LogP contribution is -2.20. The van der Waals surface area contributed by atoms with Crippen LogP contribution < -0.4 is 15.8 Å². The first-order chi connectivity index (χ1) is 7.56. The van der Waals surface area contributed by atoms with E-state index in [2.05, 4.69) is 9.69 Å². The number of rotatable bonds is 5. The molecule has 0 unspecified atom stereocenters. The Morgan fingerprint density at radius 3 is 2.81 bits per heavy atom. The van der Waals surface area contributed by atoms with Gasteiger partial charge in [0, 0.05) is 0 Å². The number of nitrogens with zero attached hydrogens (tertiary/aromatic N) is 1. The fourth-order valence-electron chi connectivity index (χ4n) is 0.959. The maximum atomic E-state index is 10.9. The molecule has 7 nitrogen and oxygen atoms in total. The highest BCUT2D eigenvalue weighted by molar-refractivity contribution is 7.11. The molecule has 0 saturated heterocycles. The Kier molecular flexibility index (Phi) is 4.06. The molecule has 1 aromatic rings. The third-order valence-electron chi connectivity index (χ3n) is 1.55. The molecule has 0 atom stereocenters. The van der Waals surface area contributed by atoms with Crippen molar-refractivity contribution in [3.63, 3.8) is 0 Å². The highest BCUT2D eigenvalue weighted by Crippen LogP contribution is 2.30. The molecule has 0 bridgehead atoms. The molecule has 0 aliphatic carbocycles. The highest BCUT2D eigenvalue weighted by Gasteiger charge is 2.22. The van der Waals surface area contributed by atoms with Crippen molar-refractivity contribution in [2.45, 2.75) is 13.3 Å². The van der Waals surface area contributed by atoms with E-state index in [1.165, 1.54) is 0 Å². The van der Waals surface area contributed by atoms with E-state index in [0.717, 1.165) is 18.0 Å². The lowest BCUT2D eigenvalue weighted by molar-refractivity contribution is 0.0693. The Bertz CT molecular complexity index is 404. The summed E-state index contributed by atoms with van der Waals surface area (Å²) in [7, 11) is 0. The number of anilines is 1. The fraction of sp³-hybridized carbons (Fsp3) is 0.375. The first kappa shape index (κ1) is 12.2. The zero-order valence-electron chi connectivity index (χ0n) is 8.52. The number of amides is 2. The summed E-state index contributed by atoms with van der Waals surface area (Å²) in [6.45, 7) is 2.25. The van der Waals surface area contributed by atoms with Crippen molar-refractivity contribution in [3.8, 4) is 5.88 Å². The van der Waals surface area contributed by atoms with Crippen LogP contribution in [0.25, 0.3) is 0 Å². The van der Waals surface area contributed by atoms with Crippen molar-refractivity contribution >= 4 is 28.5 Å². The van der Waals surface area contributed by atoms with E-state index in [0.29, 0.717) is 6.61 Å². The summed E-state index contributed by atoms with van der Waals surface area (Å²) in [5, 5.41) is 11.2. The summed E-state index contributed by atoms with van der Waals surface area (Å²) < 4.78 is 8.93. The van der Waals surface area contributed by atoms with E-state index in [4.69, 9.17) is 15.6 Å². The lowest BCUT2D eigenvalue weighted by atomic mass is 10.3. The van der Waals surface area contributed by atoms with Gasteiger partial charge in [0.05, 0.1) is 6.61 Å². The van der Waals surface area contributed by atoms with Gasteiger partial charge in [0.2, 0.25) is 5.88 Å². The van der Waals surface area contributed by atoms with Gasteiger partial charge >= 0.3 is 12.0 Å². The van der Waals surface area contributed by atoms with Crippen LogP contribution in [0.5, 0.6) is 5.88 Å². The number of aromatic nitrogens is 1. The number of carboxylic acid groups (broad SMARTS) is 1. The summed E-state index contributed by atoms with van der Waals surface area (Å²) in [4.78, 5) is 21.6. The largest absolute Gasteiger partial charge is 0.477 e. The van der Waals surface area contributed by atoms with Crippen molar-refractivity contribution in [2.75, 3.05) is 11.9 Å². The maximum Gasteiger partial charge on any atom is 0.344 e. The lowest BCUT2D eigenvalue weighted by Gasteiger charge is -2.02. The second-order valence-corrected chi connectivity index (χ2v) is 3.61. The van der Waals surface area contributed by atoms with Crippen molar-refractivity contribution in [2.24, 2.45) is 5.73 Å². The zero-order chi connectivity index (χ0) is 12.1. The summed E-state index contributed by atoms with van der Waals surface area (Å²) in [5.41, 5.74) is 4.73. The molecule has 0 aromatic carbocycles. The fourth-order valence-corrected chi connectivity index (χ4v) is 1.69. The summed E-state index contributed by atoms with van der Waals surface area (Å²) in [6.07, 6.45) is 0.731. The molecule has 0 fully saturated rings. The minimum Gasteiger partial charge on any atom is -0.477 e. The molecule has 1 rings (SSSR count). The molecule has 2 amide bonds. The SMILES string of the molecule is CCCOc1nsc(NC(N)=O)c1C(=O)O. The van der Waals surface area contributed by atoms with Gasteiger partial charge in [-0.15, -0.1) is 0 Å². The van der Waals surface area contributed by atoms with Gasteiger partial charge in [-0.25, -0.2) is 9.59 Å². The van der Waals surface area contributed by atoms with Gasteiger partial charge in [0.15, 0.2) is 5.56 Å². The number of aromatic carboxylic acids is 1. The molecule has 16 heavy (non-hydrogen) atoms. The predicted molar refractivity (Wildman–Crippen MR) is 58.1 cm³/mol. The van der Waals surface area contributed by atoms with Gasteiger partial charge < -0.3 is 15.6 Å². The second kappa shape index (κ2) is 5.31. The van der Waals surface area contributed by atoms with Crippen LogP contribution in [0.1, 0.15) is 23.7 Å². The molecule has 0 aliphatic heterocycles. The van der Waals surface area contributed by atoms with E-state index in [-0.39, 0.29) is 16.4 Å². The van der Waals surface area contributed by atoms with Gasteiger partial charge in [-0.05, 0) is 18.0 Å². The number of ether oxygens (including phenoxy) is 1. The Morgan fingerprint density at radius 1 is 1.62 bits per heavy atom. The van der Waals surface area contributed by atoms with Gasteiger partial charge in [0.1, 0.15) is 5.00 Å². The number of nitrogens with two attached hydrogens (primary N) is 1. The molecule has 0 spiro atoms. The molecule has 8 heteroatoms. The van der Waals surface area contributed by atoms with Crippen LogP contribution in [0.15, 0.2) is 0 Å². The molecule has 0 aliphatic rings. The number of nitrogens with one attached hydrogen (secondary N) is 1. The van der Waals surface area contributed by atoms with Crippen LogP contribution in [0, 0.1) is 0 Å². The highest BCUT2D eigenvalue weighted by atomic mass is 32.1.